The van der Waals surface area contributed by atoms with Crippen LogP contribution in [0, 0.1) is 0 Å². The third-order valence-corrected chi connectivity index (χ3v) is 2.13. The number of carbonyl (C=O) groups is 1. The molecule has 2 rings (SSSR count). The van der Waals surface area contributed by atoms with Gasteiger partial charge in [-0.3, -0.25) is 10.3 Å². The first kappa shape index (κ1) is 9.47. The second kappa shape index (κ2) is 3.58. The minimum Gasteiger partial charge on any atom is -0.443 e. The maximum atomic E-state index is 11.2. The van der Waals surface area contributed by atoms with Crippen molar-refractivity contribution in [2.75, 3.05) is 11.9 Å². The first-order chi connectivity index (χ1) is 7.22. The molecule has 1 aromatic carbocycles. The normalized spacial score (nSPS) is 10.3. The Morgan fingerprint density at radius 2 is 2.40 bits per heavy atom. The van der Waals surface area contributed by atoms with Crippen LogP contribution in [0.3, 0.4) is 0 Å². The second-order valence-corrected chi connectivity index (χ2v) is 3.01. The summed E-state index contributed by atoms with van der Waals surface area (Å²) in [7, 11) is 1.61. The van der Waals surface area contributed by atoms with Gasteiger partial charge in [-0.25, -0.2) is 15.6 Å². The van der Waals surface area contributed by atoms with Crippen molar-refractivity contribution in [1.29, 1.82) is 0 Å². The summed E-state index contributed by atoms with van der Waals surface area (Å²) in [5.74, 6) is 5.03. The van der Waals surface area contributed by atoms with Crippen molar-refractivity contribution in [3.8, 4) is 0 Å². The zero-order valence-corrected chi connectivity index (χ0v) is 8.10. The van der Waals surface area contributed by atoms with E-state index in [-0.39, 0.29) is 0 Å². The minimum atomic E-state index is -0.395. The van der Waals surface area contributed by atoms with Gasteiger partial charge in [-0.05, 0) is 12.1 Å². The molecule has 0 saturated heterocycles. The summed E-state index contributed by atoms with van der Waals surface area (Å²) in [6, 6.07) is 4.86. The molecule has 1 heterocycles. The van der Waals surface area contributed by atoms with Gasteiger partial charge in [0.1, 0.15) is 5.52 Å². The van der Waals surface area contributed by atoms with Gasteiger partial charge in [-0.15, -0.1) is 0 Å². The Hall–Kier alpha value is -2.08. The number of hydrogen-bond donors (Lipinski definition) is 2. The van der Waals surface area contributed by atoms with Gasteiger partial charge in [0, 0.05) is 18.8 Å². The van der Waals surface area contributed by atoms with E-state index in [4.69, 9.17) is 10.3 Å². The minimum absolute atomic E-state index is 0.395. The van der Waals surface area contributed by atoms with E-state index in [1.54, 1.807) is 25.2 Å². The smallest absolute Gasteiger partial charge is 0.335 e. The van der Waals surface area contributed by atoms with Crippen molar-refractivity contribution in [1.82, 2.24) is 10.4 Å². The summed E-state index contributed by atoms with van der Waals surface area (Å²) in [4.78, 5) is 16.6. The lowest BCUT2D eigenvalue weighted by molar-refractivity contribution is 0.248. The number of nitrogens with one attached hydrogen (secondary N) is 1. The third-order valence-electron chi connectivity index (χ3n) is 2.13. The van der Waals surface area contributed by atoms with Gasteiger partial charge in [0.05, 0.1) is 0 Å². The number of amides is 2. The summed E-state index contributed by atoms with van der Waals surface area (Å²) in [6.45, 7) is 0. The number of hydrogen-bond acceptors (Lipinski definition) is 4. The quantitative estimate of drug-likeness (QED) is 0.411. The predicted octanol–water partition coefficient (Wildman–Crippen LogP) is 0.847. The van der Waals surface area contributed by atoms with Gasteiger partial charge in [0.2, 0.25) is 0 Å². The molecular formula is C9H10N4O2. The Morgan fingerprint density at radius 1 is 1.60 bits per heavy atom. The summed E-state index contributed by atoms with van der Waals surface area (Å²) >= 11 is 0. The number of urea groups is 1. The number of benzene rings is 1. The molecule has 0 spiro atoms. The lowest BCUT2D eigenvalue weighted by Crippen LogP contribution is -2.41. The molecule has 2 amide bonds. The molecule has 0 atom stereocenters. The van der Waals surface area contributed by atoms with Crippen LogP contribution >= 0.6 is 0 Å². The first-order valence-corrected chi connectivity index (χ1v) is 4.30. The molecule has 0 fully saturated rings. The van der Waals surface area contributed by atoms with E-state index >= 15 is 0 Å². The Labute approximate surface area is 85.6 Å². The van der Waals surface area contributed by atoms with E-state index in [9.17, 15) is 4.79 Å². The molecule has 15 heavy (non-hydrogen) atoms. The van der Waals surface area contributed by atoms with Gasteiger partial charge in [0.25, 0.3) is 0 Å². The average molecular weight is 206 g/mol. The van der Waals surface area contributed by atoms with Crippen LogP contribution in [0.1, 0.15) is 0 Å². The number of oxazole rings is 1. The topological polar surface area (TPSA) is 84.4 Å². The fourth-order valence-corrected chi connectivity index (χ4v) is 1.27. The molecule has 1 aromatic heterocycles. The fourth-order valence-electron chi connectivity index (χ4n) is 1.27. The molecule has 0 aliphatic carbocycles. The highest BCUT2D eigenvalue weighted by Crippen LogP contribution is 2.20. The van der Waals surface area contributed by atoms with Crippen molar-refractivity contribution in [3.05, 3.63) is 24.6 Å². The van der Waals surface area contributed by atoms with Gasteiger partial charge in [0.15, 0.2) is 12.0 Å². The first-order valence-electron chi connectivity index (χ1n) is 4.30. The Bertz CT molecular complexity index is 494. The standard InChI is InChI=1S/C9H10N4O2/c1-13(9(14)12-10)6-2-3-7-8(4-6)15-5-11-7/h2-5H,10H2,1H3,(H,12,14). The molecule has 0 aliphatic heterocycles. The number of aromatic nitrogens is 1. The van der Waals surface area contributed by atoms with E-state index in [2.05, 4.69) is 4.98 Å². The van der Waals surface area contributed by atoms with Crippen LogP contribution in [0.4, 0.5) is 10.5 Å². The molecule has 0 radical (unpaired) electrons. The molecule has 0 unspecified atom stereocenters. The number of nitrogens with zero attached hydrogens (tertiary/aromatic N) is 2. The Morgan fingerprint density at radius 3 is 3.13 bits per heavy atom. The summed E-state index contributed by atoms with van der Waals surface area (Å²) in [5, 5.41) is 0. The molecular weight excluding hydrogens is 196 g/mol. The summed E-state index contributed by atoms with van der Waals surface area (Å²) < 4.78 is 5.12. The van der Waals surface area contributed by atoms with Crippen LogP contribution in [-0.2, 0) is 0 Å². The molecule has 6 nitrogen and oxygen atoms in total. The highest BCUT2D eigenvalue weighted by Gasteiger charge is 2.10. The van der Waals surface area contributed by atoms with Crippen molar-refractivity contribution in [3.63, 3.8) is 0 Å². The van der Waals surface area contributed by atoms with Crippen molar-refractivity contribution >= 4 is 22.8 Å². The monoisotopic (exact) mass is 206 g/mol. The van der Waals surface area contributed by atoms with Crippen LogP contribution in [0.5, 0.6) is 0 Å². The SMILES string of the molecule is CN(C(=O)NN)c1ccc2ncoc2c1. The fraction of sp³-hybridized carbons (Fsp3) is 0.111. The molecule has 2 aromatic rings. The third kappa shape index (κ3) is 1.62. The van der Waals surface area contributed by atoms with Gasteiger partial charge in [-0.1, -0.05) is 0 Å². The highest BCUT2D eigenvalue weighted by atomic mass is 16.3. The summed E-state index contributed by atoms with van der Waals surface area (Å²) in [5.41, 5.74) is 4.11. The van der Waals surface area contributed by atoms with Gasteiger partial charge in [-0.2, -0.15) is 0 Å². The highest BCUT2D eigenvalue weighted by molar-refractivity contribution is 5.92. The summed E-state index contributed by atoms with van der Waals surface area (Å²) in [6.07, 6.45) is 1.36. The predicted molar refractivity (Wildman–Crippen MR) is 55.1 cm³/mol. The number of hydrazine groups is 1. The molecule has 3 N–H and O–H groups in total. The maximum Gasteiger partial charge on any atom is 0.335 e. The van der Waals surface area contributed by atoms with E-state index < -0.39 is 6.03 Å². The van der Waals surface area contributed by atoms with Gasteiger partial charge >= 0.3 is 6.03 Å². The largest absolute Gasteiger partial charge is 0.443 e. The van der Waals surface area contributed by atoms with Crippen LogP contribution in [0.2, 0.25) is 0 Å². The van der Waals surface area contributed by atoms with E-state index in [0.717, 1.165) is 5.52 Å². The number of anilines is 1. The average Bonchev–Trinajstić information content (AvgIpc) is 2.73. The lowest BCUT2D eigenvalue weighted by atomic mass is 10.3. The molecule has 6 heteroatoms. The number of carbonyl (C=O) groups excluding carboxylic acids is 1. The van der Waals surface area contributed by atoms with Gasteiger partial charge < -0.3 is 4.42 Å². The van der Waals surface area contributed by atoms with E-state index in [1.807, 2.05) is 5.43 Å². The number of fused-ring (bicyclic) bond motifs is 1. The molecule has 78 valence electrons. The molecule has 0 bridgehead atoms. The Kier molecular flexibility index (Phi) is 2.26. The lowest BCUT2D eigenvalue weighted by Gasteiger charge is -2.15. The number of rotatable bonds is 1. The zero-order chi connectivity index (χ0) is 10.8. The van der Waals surface area contributed by atoms with E-state index in [0.29, 0.717) is 11.3 Å². The van der Waals surface area contributed by atoms with Crippen LogP contribution in [0.15, 0.2) is 29.0 Å². The molecule has 0 saturated carbocycles. The van der Waals surface area contributed by atoms with E-state index in [1.165, 1.54) is 11.3 Å². The second-order valence-electron chi connectivity index (χ2n) is 3.01. The molecule has 0 aliphatic rings. The maximum absolute atomic E-state index is 11.2. The van der Waals surface area contributed by atoms with Crippen molar-refractivity contribution in [2.24, 2.45) is 5.84 Å². The van der Waals surface area contributed by atoms with Crippen LogP contribution in [-0.4, -0.2) is 18.1 Å². The zero-order valence-electron chi connectivity index (χ0n) is 8.10. The van der Waals surface area contributed by atoms with Crippen molar-refractivity contribution < 1.29 is 9.21 Å². The van der Waals surface area contributed by atoms with Crippen LogP contribution in [0.25, 0.3) is 11.1 Å². The Balaban J connectivity index is 2.39. The van der Waals surface area contributed by atoms with Crippen LogP contribution < -0.4 is 16.2 Å². The number of nitrogens with two attached hydrogens (primary N) is 1. The van der Waals surface area contributed by atoms with Crippen molar-refractivity contribution in [2.45, 2.75) is 0 Å².